The monoisotopic (exact) mass is 835 g/mol. The molecule has 3 atom stereocenters. The number of amides is 4. The molecule has 4 heterocycles. The topological polar surface area (TPSA) is 227 Å². The number of hydrogen-bond acceptors (Lipinski definition) is 10. The number of halogens is 1. The normalized spacial score (nSPS) is 19.2. The van der Waals surface area contributed by atoms with Crippen LogP contribution in [0.1, 0.15) is 95.2 Å². The van der Waals surface area contributed by atoms with Crippen LogP contribution in [-0.4, -0.2) is 64.5 Å². The van der Waals surface area contributed by atoms with E-state index >= 15 is 0 Å². The van der Waals surface area contributed by atoms with Gasteiger partial charge < -0.3 is 41.5 Å². The number of rotatable bonds is 14. The maximum atomic E-state index is 14.1. The van der Waals surface area contributed by atoms with Crippen molar-refractivity contribution in [3.8, 4) is 11.4 Å². The van der Waals surface area contributed by atoms with E-state index < -0.39 is 52.9 Å². The summed E-state index contributed by atoms with van der Waals surface area (Å²) < 4.78 is 14.3. The van der Waals surface area contributed by atoms with Crippen LogP contribution in [0.3, 0.4) is 0 Å². The van der Waals surface area contributed by atoms with E-state index in [4.69, 9.17) is 25.9 Å². The first-order chi connectivity index (χ1) is 26.7. The van der Waals surface area contributed by atoms with Gasteiger partial charge in [0.1, 0.15) is 12.6 Å². The highest BCUT2D eigenvalue weighted by molar-refractivity contribution is 9.10. The molecule has 4 amide bonds. The fourth-order valence-electron chi connectivity index (χ4n) is 8.13. The second-order valence-corrected chi connectivity index (χ2v) is 16.4. The first kappa shape index (κ1) is 40.8. The summed E-state index contributed by atoms with van der Waals surface area (Å²) in [6.45, 7) is 5.68. The zero-order valence-electron chi connectivity index (χ0n) is 32.0. The smallest absolute Gasteiger partial charge is 0.355 e. The van der Waals surface area contributed by atoms with Crippen molar-refractivity contribution < 1.29 is 33.4 Å². The van der Waals surface area contributed by atoms with Gasteiger partial charge in [-0.05, 0) is 67.7 Å². The molecule has 0 bridgehead atoms. The number of aromatic nitrogens is 2. The fourth-order valence-corrected chi connectivity index (χ4v) is 8.60. The number of urea groups is 1. The molecule has 0 unspecified atom stereocenters. The molecule has 3 aliphatic rings. The van der Waals surface area contributed by atoms with Crippen LogP contribution < -0.4 is 33.0 Å². The van der Waals surface area contributed by atoms with Gasteiger partial charge in [-0.2, -0.15) is 0 Å². The lowest BCUT2D eigenvalue weighted by Gasteiger charge is -2.39. The Morgan fingerprint density at radius 1 is 1.07 bits per heavy atom. The molecule has 300 valence electrons. The third kappa shape index (κ3) is 8.17. The van der Waals surface area contributed by atoms with E-state index in [1.165, 1.54) is 0 Å². The summed E-state index contributed by atoms with van der Waals surface area (Å²) in [5.41, 5.74) is 11.6. The van der Waals surface area contributed by atoms with Gasteiger partial charge in [0.25, 0.3) is 5.56 Å². The highest BCUT2D eigenvalue weighted by Crippen LogP contribution is 2.44. The highest BCUT2D eigenvalue weighted by Gasteiger charge is 2.51. The van der Waals surface area contributed by atoms with Crippen LogP contribution in [0.4, 0.5) is 4.79 Å². The number of ether oxygens (including phenoxy) is 2. The van der Waals surface area contributed by atoms with Gasteiger partial charge in [-0.15, -0.1) is 0 Å². The van der Waals surface area contributed by atoms with E-state index in [0.717, 1.165) is 40.2 Å². The van der Waals surface area contributed by atoms with Crippen molar-refractivity contribution in [2.24, 2.45) is 22.8 Å². The average molecular weight is 837 g/mol. The summed E-state index contributed by atoms with van der Waals surface area (Å²) >= 11 is 3.59. The molecular formula is C40H50BrN7O8. The minimum Gasteiger partial charge on any atom is -0.457 e. The minimum atomic E-state index is -1.87. The van der Waals surface area contributed by atoms with E-state index in [-0.39, 0.29) is 56.0 Å². The fraction of sp³-hybridized carbons (Fsp3) is 0.525. The van der Waals surface area contributed by atoms with Gasteiger partial charge in [0.15, 0.2) is 0 Å². The average Bonchev–Trinajstić information content (AvgIpc) is 3.53. The number of carbonyl (C=O) groups is 5. The number of esters is 2. The molecule has 15 nitrogen and oxygen atoms in total. The zero-order chi connectivity index (χ0) is 40.4. The summed E-state index contributed by atoms with van der Waals surface area (Å²) in [6.07, 6.45) is 4.29. The van der Waals surface area contributed by atoms with Crippen molar-refractivity contribution in [3.63, 3.8) is 0 Å². The molecule has 0 saturated heterocycles. The number of hydrogen-bond donors (Lipinski definition) is 5. The minimum absolute atomic E-state index is 0.0205. The summed E-state index contributed by atoms with van der Waals surface area (Å²) in [5.74, 6) is -2.51. The standard InChI is InChI=1S/C40H50BrN7O8/c1-4-40(26-17-30-33-23(16-24-27(41)10-8-11-28(24)46-33)19-48(30)36(52)25(26)20-55-37(40)53)56-31(49)18-39(13-6-5-7-14-39)21-45-34(50)29(12-9-15-44-38(43)54)47-35(51)32(42)22(2)3/h8,10-11,16-17,22,29,32H,4-7,9,12-15,18-21,42H2,1-3H3,(H,45,50)(H,47,51)(H3,43,44,54)/t29-,32-,40-/m0/s1. The molecule has 0 radical (unpaired) electrons. The van der Waals surface area contributed by atoms with E-state index in [0.29, 0.717) is 42.8 Å². The van der Waals surface area contributed by atoms with Crippen LogP contribution >= 0.6 is 15.9 Å². The Labute approximate surface area is 333 Å². The molecule has 0 spiro atoms. The molecule has 7 N–H and O–H groups in total. The first-order valence-corrected chi connectivity index (χ1v) is 20.1. The van der Waals surface area contributed by atoms with Crippen molar-refractivity contribution in [2.75, 3.05) is 13.1 Å². The van der Waals surface area contributed by atoms with Crippen molar-refractivity contribution in [3.05, 3.63) is 61.8 Å². The van der Waals surface area contributed by atoms with Crippen LogP contribution in [0.5, 0.6) is 0 Å². The molecule has 3 aromatic rings. The second-order valence-electron chi connectivity index (χ2n) is 15.6. The third-order valence-electron chi connectivity index (χ3n) is 11.4. The summed E-state index contributed by atoms with van der Waals surface area (Å²) in [4.78, 5) is 84.6. The number of nitrogens with two attached hydrogens (primary N) is 2. The molecular weight excluding hydrogens is 786 g/mol. The van der Waals surface area contributed by atoms with Crippen LogP contribution in [0, 0.1) is 11.3 Å². The number of primary amides is 1. The molecule has 1 aliphatic carbocycles. The summed E-state index contributed by atoms with van der Waals surface area (Å²) in [6, 6.07) is 6.97. The number of pyridine rings is 2. The van der Waals surface area contributed by atoms with E-state index in [2.05, 4.69) is 31.9 Å². The predicted molar refractivity (Wildman–Crippen MR) is 211 cm³/mol. The number of cyclic esters (lactones) is 1. The van der Waals surface area contributed by atoms with Crippen LogP contribution in [0.15, 0.2) is 39.6 Å². The Kier molecular flexibility index (Phi) is 12.2. The molecule has 1 fully saturated rings. The van der Waals surface area contributed by atoms with E-state index in [1.54, 1.807) is 31.4 Å². The molecule has 1 aromatic carbocycles. The van der Waals surface area contributed by atoms with Gasteiger partial charge in [0.2, 0.25) is 17.4 Å². The molecule has 2 aliphatic heterocycles. The largest absolute Gasteiger partial charge is 0.457 e. The summed E-state index contributed by atoms with van der Waals surface area (Å²) in [7, 11) is 0. The molecule has 6 rings (SSSR count). The number of nitrogens with one attached hydrogen (secondary N) is 3. The van der Waals surface area contributed by atoms with Crippen molar-refractivity contribution in [1.82, 2.24) is 25.5 Å². The first-order valence-electron chi connectivity index (χ1n) is 19.3. The van der Waals surface area contributed by atoms with Gasteiger partial charge >= 0.3 is 18.0 Å². The Balaban J connectivity index is 1.24. The van der Waals surface area contributed by atoms with Gasteiger partial charge in [0, 0.05) is 34.1 Å². The Bertz CT molecular complexity index is 2110. The maximum absolute atomic E-state index is 14.1. The van der Waals surface area contributed by atoms with Crippen molar-refractivity contribution >= 4 is 56.6 Å². The molecule has 1 saturated carbocycles. The maximum Gasteiger partial charge on any atom is 0.355 e. The van der Waals surface area contributed by atoms with Crippen LogP contribution in [0.2, 0.25) is 0 Å². The lowest BCUT2D eigenvalue weighted by Crippen LogP contribution is -2.54. The van der Waals surface area contributed by atoms with E-state index in [9.17, 15) is 28.8 Å². The predicted octanol–water partition coefficient (Wildman–Crippen LogP) is 3.77. The zero-order valence-corrected chi connectivity index (χ0v) is 33.6. The quantitative estimate of drug-likeness (QED) is 0.0913. The highest BCUT2D eigenvalue weighted by atomic mass is 79.9. The number of carbonyl (C=O) groups excluding carboxylic acids is 5. The molecule has 16 heteroatoms. The Morgan fingerprint density at radius 3 is 2.52 bits per heavy atom. The van der Waals surface area contributed by atoms with Gasteiger partial charge in [-0.25, -0.2) is 14.6 Å². The van der Waals surface area contributed by atoms with Crippen LogP contribution in [0.25, 0.3) is 22.3 Å². The molecule has 56 heavy (non-hydrogen) atoms. The SMILES string of the molecule is CC[C@@]1(OC(=O)CC2(CNC(=O)[C@H](CCCNC(N)=O)NC(=O)[C@@H](N)C(C)C)CCCCC2)C(=O)OCc2c1cc1n(c2=O)Cc2cc3c(Br)cccc3nc2-1. The lowest BCUT2D eigenvalue weighted by molar-refractivity contribution is -0.191. The number of benzene rings is 1. The van der Waals surface area contributed by atoms with Gasteiger partial charge in [-0.1, -0.05) is 62.0 Å². The van der Waals surface area contributed by atoms with E-state index in [1.807, 2.05) is 24.3 Å². The second kappa shape index (κ2) is 16.7. The van der Waals surface area contributed by atoms with Gasteiger partial charge in [0.05, 0.1) is 41.5 Å². The van der Waals surface area contributed by atoms with Crippen molar-refractivity contribution in [2.45, 2.75) is 109 Å². The Morgan fingerprint density at radius 2 is 1.82 bits per heavy atom. The third-order valence-corrected chi connectivity index (χ3v) is 12.1. The number of nitrogens with zero attached hydrogens (tertiary/aromatic N) is 2. The summed E-state index contributed by atoms with van der Waals surface area (Å²) in [5, 5.41) is 9.12. The lowest BCUT2D eigenvalue weighted by atomic mass is 9.71. The molecule has 2 aromatic heterocycles. The number of fused-ring (bicyclic) bond motifs is 5. The van der Waals surface area contributed by atoms with Crippen molar-refractivity contribution in [1.29, 1.82) is 0 Å². The van der Waals surface area contributed by atoms with Gasteiger partial charge in [-0.3, -0.25) is 19.2 Å². The Hall–Kier alpha value is -4.83. The van der Waals surface area contributed by atoms with Crippen LogP contribution in [-0.2, 0) is 47.4 Å².